The maximum Gasteiger partial charge on any atom is 0.213 e. The van der Waals surface area contributed by atoms with Gasteiger partial charge in [-0.05, 0) is 47.2 Å². The predicted octanol–water partition coefficient (Wildman–Crippen LogP) is 4.06. The van der Waals surface area contributed by atoms with E-state index in [1.165, 1.54) is 39.1 Å². The Hall–Kier alpha value is -2.41. The van der Waals surface area contributed by atoms with E-state index in [0.717, 1.165) is 6.42 Å². The second kappa shape index (κ2) is 4.56. The fourth-order valence-corrected chi connectivity index (χ4v) is 3.44. The van der Waals surface area contributed by atoms with Gasteiger partial charge in [-0.15, -0.1) is 0 Å². The maximum absolute atomic E-state index is 2.29. The number of aromatic nitrogens is 1. The highest BCUT2D eigenvalue weighted by molar-refractivity contribution is 5.90. The molecule has 0 aliphatic heterocycles. The van der Waals surface area contributed by atoms with Crippen molar-refractivity contribution in [3.8, 4) is 22.4 Å². The van der Waals surface area contributed by atoms with E-state index in [1.54, 1.807) is 0 Å². The molecule has 1 nitrogen and oxygen atoms in total. The van der Waals surface area contributed by atoms with Crippen LogP contribution in [0.3, 0.4) is 0 Å². The molecule has 0 N–H and O–H groups in total. The zero-order chi connectivity index (χ0) is 14.4. The molecule has 21 heavy (non-hydrogen) atoms. The molecule has 0 unspecified atom stereocenters. The van der Waals surface area contributed by atoms with Crippen molar-refractivity contribution in [2.24, 2.45) is 7.05 Å². The van der Waals surface area contributed by atoms with Gasteiger partial charge >= 0.3 is 0 Å². The third-order valence-corrected chi connectivity index (χ3v) is 4.48. The van der Waals surface area contributed by atoms with Gasteiger partial charge in [-0.2, -0.15) is 0 Å². The number of benzene rings is 2. The molecular formula is C20H18N+. The van der Waals surface area contributed by atoms with Gasteiger partial charge in [0.05, 0.1) is 5.56 Å². The Morgan fingerprint density at radius 3 is 2.48 bits per heavy atom. The molecule has 1 aliphatic carbocycles. The minimum absolute atomic E-state index is 1.05. The first-order valence-corrected chi connectivity index (χ1v) is 7.41. The average molecular weight is 272 g/mol. The van der Waals surface area contributed by atoms with Crippen molar-refractivity contribution >= 4 is 0 Å². The molecule has 2 aromatic carbocycles. The lowest BCUT2D eigenvalue weighted by molar-refractivity contribution is -0.660. The maximum atomic E-state index is 2.29. The summed E-state index contributed by atoms with van der Waals surface area (Å²) in [6.07, 6.45) is 3.17. The van der Waals surface area contributed by atoms with E-state index in [-0.39, 0.29) is 0 Å². The van der Waals surface area contributed by atoms with Gasteiger partial charge in [-0.1, -0.05) is 36.4 Å². The quantitative estimate of drug-likeness (QED) is 0.460. The van der Waals surface area contributed by atoms with Crippen LogP contribution in [0.25, 0.3) is 22.4 Å². The number of nitrogens with zero attached hydrogens (tertiary/aromatic N) is 1. The van der Waals surface area contributed by atoms with Crippen molar-refractivity contribution in [3.63, 3.8) is 0 Å². The third kappa shape index (κ3) is 1.81. The molecule has 0 atom stereocenters. The number of hydrogen-bond acceptors (Lipinski definition) is 0. The van der Waals surface area contributed by atoms with Gasteiger partial charge in [-0.25, -0.2) is 4.57 Å². The molecule has 0 radical (unpaired) electrons. The molecule has 0 bridgehead atoms. The number of rotatable bonds is 1. The lowest BCUT2D eigenvalue weighted by atomic mass is 9.93. The molecule has 0 saturated heterocycles. The third-order valence-electron chi connectivity index (χ3n) is 4.48. The van der Waals surface area contributed by atoms with Crippen LogP contribution in [0.4, 0.5) is 0 Å². The summed E-state index contributed by atoms with van der Waals surface area (Å²) in [5, 5.41) is 0. The van der Waals surface area contributed by atoms with Crippen LogP contribution in [-0.2, 0) is 13.5 Å². The Kier molecular flexibility index (Phi) is 2.68. The highest BCUT2D eigenvalue weighted by Crippen LogP contribution is 2.43. The van der Waals surface area contributed by atoms with E-state index in [4.69, 9.17) is 0 Å². The summed E-state index contributed by atoms with van der Waals surface area (Å²) in [5.74, 6) is 0. The van der Waals surface area contributed by atoms with E-state index >= 15 is 0 Å². The van der Waals surface area contributed by atoms with E-state index in [2.05, 4.69) is 79.3 Å². The molecule has 1 aromatic heterocycles. The van der Waals surface area contributed by atoms with Gasteiger partial charge in [0.15, 0.2) is 6.20 Å². The first kappa shape index (κ1) is 12.3. The monoisotopic (exact) mass is 272 g/mol. The molecule has 1 heteroatoms. The van der Waals surface area contributed by atoms with Crippen molar-refractivity contribution in [3.05, 3.63) is 77.5 Å². The van der Waals surface area contributed by atoms with Crippen LogP contribution in [-0.4, -0.2) is 0 Å². The zero-order valence-electron chi connectivity index (χ0n) is 12.4. The van der Waals surface area contributed by atoms with Gasteiger partial charge in [0.2, 0.25) is 5.69 Å². The molecule has 0 saturated carbocycles. The highest BCUT2D eigenvalue weighted by atomic mass is 14.9. The molecule has 3 aromatic rings. The lowest BCUT2D eigenvalue weighted by Crippen LogP contribution is -2.30. The van der Waals surface area contributed by atoms with Crippen LogP contribution >= 0.6 is 0 Å². The first-order chi connectivity index (χ1) is 10.3. The summed E-state index contributed by atoms with van der Waals surface area (Å²) in [6, 6.07) is 19.7. The molecular weight excluding hydrogens is 254 g/mol. The van der Waals surface area contributed by atoms with Gasteiger partial charge in [0.25, 0.3) is 0 Å². The lowest BCUT2D eigenvalue weighted by Gasteiger charge is -2.11. The second-order valence-corrected chi connectivity index (χ2v) is 5.82. The minimum Gasteiger partial charge on any atom is -0.201 e. The van der Waals surface area contributed by atoms with Crippen LogP contribution in [0.15, 0.2) is 60.8 Å². The van der Waals surface area contributed by atoms with Crippen molar-refractivity contribution in [2.45, 2.75) is 13.3 Å². The van der Waals surface area contributed by atoms with Crippen LogP contribution in [0, 0.1) is 6.92 Å². The zero-order valence-corrected chi connectivity index (χ0v) is 12.4. The number of aryl methyl sites for hydroxylation is 2. The minimum atomic E-state index is 1.05. The van der Waals surface area contributed by atoms with Gasteiger partial charge in [0.1, 0.15) is 7.05 Å². The van der Waals surface area contributed by atoms with Crippen LogP contribution < -0.4 is 4.57 Å². The van der Waals surface area contributed by atoms with Crippen molar-refractivity contribution < 1.29 is 4.57 Å². The van der Waals surface area contributed by atoms with Crippen LogP contribution in [0.2, 0.25) is 0 Å². The fraction of sp³-hybridized carbons (Fsp3) is 0.150. The first-order valence-electron chi connectivity index (χ1n) is 7.41. The normalized spacial score (nSPS) is 12.1. The highest BCUT2D eigenvalue weighted by Gasteiger charge is 2.25. The topological polar surface area (TPSA) is 3.88 Å². The molecule has 0 amide bonds. The average Bonchev–Trinajstić information content (AvgIpc) is 2.87. The fourth-order valence-electron chi connectivity index (χ4n) is 3.44. The summed E-state index contributed by atoms with van der Waals surface area (Å²) in [6.45, 7) is 2.21. The summed E-state index contributed by atoms with van der Waals surface area (Å²) in [4.78, 5) is 0. The summed E-state index contributed by atoms with van der Waals surface area (Å²) in [7, 11) is 2.12. The van der Waals surface area contributed by atoms with Crippen molar-refractivity contribution in [1.82, 2.24) is 0 Å². The van der Waals surface area contributed by atoms with Gasteiger partial charge in [0, 0.05) is 12.1 Å². The Bertz CT molecular complexity index is 846. The Morgan fingerprint density at radius 1 is 0.810 bits per heavy atom. The molecule has 0 spiro atoms. The summed E-state index contributed by atoms with van der Waals surface area (Å²) < 4.78 is 2.21. The number of hydrogen-bond donors (Lipinski definition) is 0. The standard InChI is InChI=1S/C20H18N/c1-14-10-11-16-13-15-7-3-4-8-17(15)20(16)19(14)18-9-5-6-12-21(18)2/h3-12H,13H2,1-2H3/q+1. The van der Waals surface area contributed by atoms with Crippen LogP contribution in [0.5, 0.6) is 0 Å². The second-order valence-electron chi connectivity index (χ2n) is 5.82. The Morgan fingerprint density at radius 2 is 1.62 bits per heavy atom. The summed E-state index contributed by atoms with van der Waals surface area (Å²) >= 11 is 0. The van der Waals surface area contributed by atoms with E-state index in [1.807, 2.05) is 0 Å². The van der Waals surface area contributed by atoms with E-state index in [0.29, 0.717) is 0 Å². The van der Waals surface area contributed by atoms with Crippen molar-refractivity contribution in [1.29, 1.82) is 0 Å². The van der Waals surface area contributed by atoms with Crippen LogP contribution in [0.1, 0.15) is 16.7 Å². The largest absolute Gasteiger partial charge is 0.213 e. The summed E-state index contributed by atoms with van der Waals surface area (Å²) in [5.41, 5.74) is 9.71. The molecule has 0 fully saturated rings. The molecule has 1 aliphatic rings. The Balaban J connectivity index is 2.08. The van der Waals surface area contributed by atoms with E-state index < -0.39 is 0 Å². The van der Waals surface area contributed by atoms with E-state index in [9.17, 15) is 0 Å². The molecule has 1 heterocycles. The number of pyridine rings is 1. The Labute approximate surface area is 125 Å². The smallest absolute Gasteiger partial charge is 0.201 e. The molecule has 4 rings (SSSR count). The van der Waals surface area contributed by atoms with Gasteiger partial charge < -0.3 is 0 Å². The van der Waals surface area contributed by atoms with Crippen molar-refractivity contribution in [2.75, 3.05) is 0 Å². The SMILES string of the molecule is Cc1ccc2c(c1-c1cccc[n+]1C)-c1ccccc1C2. The number of fused-ring (bicyclic) bond motifs is 3. The predicted molar refractivity (Wildman–Crippen MR) is 86.0 cm³/mol. The molecule has 102 valence electrons. The van der Waals surface area contributed by atoms with Gasteiger partial charge in [-0.3, -0.25) is 0 Å².